The molecule has 0 aliphatic rings. The first kappa shape index (κ1) is 12.8. The SMILES string of the molecule is CCS(=O)(=O)c1ccc(-c2cnc(CO)[nH]2)cc1. The van der Waals surface area contributed by atoms with Gasteiger partial charge in [-0.1, -0.05) is 19.1 Å². The van der Waals surface area contributed by atoms with Crippen molar-refractivity contribution in [2.75, 3.05) is 5.75 Å². The van der Waals surface area contributed by atoms with Crippen LogP contribution in [0.3, 0.4) is 0 Å². The molecule has 0 radical (unpaired) electrons. The van der Waals surface area contributed by atoms with E-state index in [-0.39, 0.29) is 12.4 Å². The molecule has 2 aromatic rings. The van der Waals surface area contributed by atoms with Gasteiger partial charge in [-0.05, 0) is 17.7 Å². The first-order valence-electron chi connectivity index (χ1n) is 5.54. The van der Waals surface area contributed by atoms with Crippen molar-refractivity contribution in [3.8, 4) is 11.3 Å². The second-order valence-corrected chi connectivity index (χ2v) is 6.11. The molecule has 0 spiro atoms. The van der Waals surface area contributed by atoms with Gasteiger partial charge in [0.2, 0.25) is 0 Å². The lowest BCUT2D eigenvalue weighted by Gasteiger charge is -2.02. The van der Waals surface area contributed by atoms with Gasteiger partial charge >= 0.3 is 0 Å². The van der Waals surface area contributed by atoms with Crippen LogP contribution in [0.25, 0.3) is 11.3 Å². The summed E-state index contributed by atoms with van der Waals surface area (Å²) in [7, 11) is -3.16. The van der Waals surface area contributed by atoms with Crippen molar-refractivity contribution in [2.24, 2.45) is 0 Å². The number of benzene rings is 1. The second-order valence-electron chi connectivity index (χ2n) is 3.83. The molecular weight excluding hydrogens is 252 g/mol. The molecule has 0 saturated heterocycles. The topological polar surface area (TPSA) is 83.1 Å². The predicted molar refractivity (Wildman–Crippen MR) is 67.7 cm³/mol. The van der Waals surface area contributed by atoms with E-state index in [4.69, 9.17) is 5.11 Å². The zero-order valence-corrected chi connectivity index (χ0v) is 10.7. The molecule has 6 heteroatoms. The zero-order valence-electron chi connectivity index (χ0n) is 9.92. The summed E-state index contributed by atoms with van der Waals surface area (Å²) in [4.78, 5) is 7.23. The van der Waals surface area contributed by atoms with Crippen LogP contribution < -0.4 is 0 Å². The van der Waals surface area contributed by atoms with Gasteiger partial charge in [0, 0.05) is 0 Å². The van der Waals surface area contributed by atoms with Gasteiger partial charge in [0.25, 0.3) is 0 Å². The highest BCUT2D eigenvalue weighted by Gasteiger charge is 2.11. The summed E-state index contributed by atoms with van der Waals surface area (Å²) in [6.45, 7) is 1.47. The Labute approximate surface area is 105 Å². The van der Waals surface area contributed by atoms with Crippen molar-refractivity contribution in [2.45, 2.75) is 18.4 Å². The number of nitrogens with one attached hydrogen (secondary N) is 1. The molecule has 1 aromatic carbocycles. The van der Waals surface area contributed by atoms with Crippen molar-refractivity contribution in [1.29, 1.82) is 0 Å². The fourth-order valence-corrected chi connectivity index (χ4v) is 2.48. The number of hydrogen-bond acceptors (Lipinski definition) is 4. The Balaban J connectivity index is 2.33. The van der Waals surface area contributed by atoms with Crippen LogP contribution in [0.1, 0.15) is 12.7 Å². The van der Waals surface area contributed by atoms with Crippen LogP contribution in [0.5, 0.6) is 0 Å². The van der Waals surface area contributed by atoms with Crippen LogP contribution in [0.15, 0.2) is 35.4 Å². The van der Waals surface area contributed by atoms with E-state index in [0.29, 0.717) is 10.7 Å². The number of aromatic nitrogens is 2. The van der Waals surface area contributed by atoms with E-state index in [1.807, 2.05) is 0 Å². The van der Waals surface area contributed by atoms with Gasteiger partial charge in [0.05, 0.1) is 22.5 Å². The Bertz CT molecular complexity index is 630. The average molecular weight is 266 g/mol. The fourth-order valence-electron chi connectivity index (χ4n) is 1.60. The van der Waals surface area contributed by atoms with Crippen molar-refractivity contribution in [1.82, 2.24) is 9.97 Å². The van der Waals surface area contributed by atoms with Crippen LogP contribution in [0.2, 0.25) is 0 Å². The molecular formula is C12H14N2O3S. The maximum Gasteiger partial charge on any atom is 0.178 e. The number of nitrogens with zero attached hydrogens (tertiary/aromatic N) is 1. The lowest BCUT2D eigenvalue weighted by molar-refractivity contribution is 0.272. The molecule has 0 saturated carbocycles. The monoisotopic (exact) mass is 266 g/mol. The molecule has 96 valence electrons. The van der Waals surface area contributed by atoms with E-state index in [2.05, 4.69) is 9.97 Å². The molecule has 0 aliphatic carbocycles. The molecule has 0 aliphatic heterocycles. The second kappa shape index (κ2) is 4.91. The number of imidazole rings is 1. The normalized spacial score (nSPS) is 11.7. The minimum absolute atomic E-state index is 0.0884. The summed E-state index contributed by atoms with van der Waals surface area (Å²) in [5.74, 6) is 0.570. The highest BCUT2D eigenvalue weighted by molar-refractivity contribution is 7.91. The largest absolute Gasteiger partial charge is 0.388 e. The number of aliphatic hydroxyl groups excluding tert-OH is 1. The van der Waals surface area contributed by atoms with Crippen LogP contribution in [0.4, 0.5) is 0 Å². The van der Waals surface area contributed by atoms with Gasteiger partial charge in [-0.3, -0.25) is 0 Å². The molecule has 2 N–H and O–H groups in total. The van der Waals surface area contributed by atoms with Gasteiger partial charge in [-0.2, -0.15) is 0 Å². The minimum Gasteiger partial charge on any atom is -0.388 e. The number of aromatic amines is 1. The Kier molecular flexibility index (Phi) is 3.49. The molecule has 0 unspecified atom stereocenters. The summed E-state index contributed by atoms with van der Waals surface area (Å²) in [5, 5.41) is 8.91. The Morgan fingerprint density at radius 1 is 1.28 bits per heavy atom. The molecule has 0 bridgehead atoms. The quantitative estimate of drug-likeness (QED) is 0.875. The molecule has 1 aromatic heterocycles. The van der Waals surface area contributed by atoms with Crippen molar-refractivity contribution in [3.05, 3.63) is 36.3 Å². The lowest BCUT2D eigenvalue weighted by Crippen LogP contribution is -2.03. The molecule has 0 fully saturated rings. The number of aliphatic hydroxyl groups is 1. The molecule has 2 rings (SSSR count). The Morgan fingerprint density at radius 3 is 2.44 bits per heavy atom. The molecule has 0 amide bonds. The van der Waals surface area contributed by atoms with E-state index in [1.54, 1.807) is 37.4 Å². The third-order valence-corrected chi connectivity index (χ3v) is 4.43. The number of hydrogen-bond donors (Lipinski definition) is 2. The number of sulfone groups is 1. The maximum absolute atomic E-state index is 11.6. The van der Waals surface area contributed by atoms with Crippen LogP contribution in [0, 0.1) is 0 Å². The highest BCUT2D eigenvalue weighted by atomic mass is 32.2. The Morgan fingerprint density at radius 2 is 1.94 bits per heavy atom. The van der Waals surface area contributed by atoms with Crippen molar-refractivity contribution in [3.63, 3.8) is 0 Å². The Hall–Kier alpha value is -1.66. The highest BCUT2D eigenvalue weighted by Crippen LogP contribution is 2.20. The minimum atomic E-state index is -3.16. The maximum atomic E-state index is 11.6. The first-order chi connectivity index (χ1) is 8.56. The zero-order chi connectivity index (χ0) is 13.2. The van der Waals surface area contributed by atoms with Crippen LogP contribution >= 0.6 is 0 Å². The third-order valence-electron chi connectivity index (χ3n) is 2.68. The summed E-state index contributed by atoms with van der Waals surface area (Å²) >= 11 is 0. The van der Waals surface area contributed by atoms with Gasteiger partial charge in [-0.15, -0.1) is 0 Å². The van der Waals surface area contributed by atoms with Gasteiger partial charge in [0.15, 0.2) is 9.84 Å². The average Bonchev–Trinajstić information content (AvgIpc) is 2.87. The lowest BCUT2D eigenvalue weighted by atomic mass is 10.2. The van der Waals surface area contributed by atoms with E-state index in [9.17, 15) is 8.42 Å². The van der Waals surface area contributed by atoms with E-state index < -0.39 is 9.84 Å². The fraction of sp³-hybridized carbons (Fsp3) is 0.250. The van der Waals surface area contributed by atoms with E-state index in [1.165, 1.54) is 0 Å². The van der Waals surface area contributed by atoms with Crippen molar-refractivity contribution >= 4 is 9.84 Å². The standard InChI is InChI=1S/C12H14N2O3S/c1-2-18(16,17)10-5-3-9(4-6-10)11-7-13-12(8-15)14-11/h3-7,15H,2,8H2,1H3,(H,13,14). The summed E-state index contributed by atoms with van der Waals surface area (Å²) < 4.78 is 23.3. The van der Waals surface area contributed by atoms with Crippen LogP contribution in [-0.2, 0) is 16.4 Å². The van der Waals surface area contributed by atoms with Gasteiger partial charge in [-0.25, -0.2) is 13.4 Å². The predicted octanol–water partition coefficient (Wildman–Crippen LogP) is 1.36. The number of rotatable bonds is 4. The first-order valence-corrected chi connectivity index (χ1v) is 7.20. The third kappa shape index (κ3) is 2.44. The van der Waals surface area contributed by atoms with Gasteiger partial charge in [0.1, 0.15) is 12.4 Å². The number of H-pyrrole nitrogens is 1. The molecule has 5 nitrogen and oxygen atoms in total. The molecule has 1 heterocycles. The van der Waals surface area contributed by atoms with E-state index in [0.717, 1.165) is 11.3 Å². The molecule has 0 atom stereocenters. The van der Waals surface area contributed by atoms with Gasteiger partial charge < -0.3 is 10.1 Å². The van der Waals surface area contributed by atoms with Crippen LogP contribution in [-0.4, -0.2) is 29.2 Å². The summed E-state index contributed by atoms with van der Waals surface area (Å²) in [6.07, 6.45) is 1.61. The summed E-state index contributed by atoms with van der Waals surface area (Å²) in [5.41, 5.74) is 1.58. The smallest absolute Gasteiger partial charge is 0.178 e. The van der Waals surface area contributed by atoms with Crippen molar-refractivity contribution < 1.29 is 13.5 Å². The summed E-state index contributed by atoms with van der Waals surface area (Å²) in [6, 6.07) is 6.59. The molecule has 18 heavy (non-hydrogen) atoms. The van der Waals surface area contributed by atoms with E-state index >= 15 is 0 Å².